The van der Waals surface area contributed by atoms with Crippen LogP contribution in [0, 0.1) is 0 Å². The number of anilines is 2. The maximum atomic E-state index is 6.40. The first-order chi connectivity index (χ1) is 29.0. The minimum atomic E-state index is 0.434. The number of hydrogen-bond acceptors (Lipinski definition) is 4. The van der Waals surface area contributed by atoms with Crippen LogP contribution >= 0.6 is 0 Å². The Hall–Kier alpha value is -6.92. The van der Waals surface area contributed by atoms with Crippen molar-refractivity contribution in [3.63, 3.8) is 0 Å². The zero-order chi connectivity index (χ0) is 42.2. The summed E-state index contributed by atoms with van der Waals surface area (Å²) in [5.41, 5.74) is 16.1. The van der Waals surface area contributed by atoms with Crippen LogP contribution in [-0.4, -0.2) is 77.0 Å². The lowest BCUT2D eigenvalue weighted by atomic mass is 9.90. The lowest BCUT2D eigenvalue weighted by molar-refractivity contribution is -0.462. The molecule has 302 valence electrons. The predicted octanol–water partition coefficient (Wildman–Crippen LogP) is 10.3. The topological polar surface area (TPSA) is 31.0 Å². The Bertz CT molecular complexity index is 2350. The van der Waals surface area contributed by atoms with Crippen LogP contribution in [0.25, 0.3) is 11.1 Å². The third-order valence-corrected chi connectivity index (χ3v) is 10.9. The van der Waals surface area contributed by atoms with Gasteiger partial charge in [-0.1, -0.05) is 72.8 Å². The van der Waals surface area contributed by atoms with Gasteiger partial charge in [0.25, 0.3) is 0 Å². The molecule has 0 radical (unpaired) electrons. The van der Waals surface area contributed by atoms with Crippen LogP contribution in [0.5, 0.6) is 11.5 Å². The van der Waals surface area contributed by atoms with Crippen LogP contribution in [0.3, 0.4) is 0 Å². The van der Waals surface area contributed by atoms with Gasteiger partial charge in [-0.3, -0.25) is 0 Å². The summed E-state index contributed by atoms with van der Waals surface area (Å²) < 4.78 is 17.0. The van der Waals surface area contributed by atoms with Gasteiger partial charge in [0, 0.05) is 63.9 Å². The van der Waals surface area contributed by atoms with Gasteiger partial charge in [0.15, 0.2) is 11.4 Å². The maximum absolute atomic E-state index is 6.40. The largest absolute Gasteiger partial charge is 0.489 e. The second kappa shape index (κ2) is 18.8. The summed E-state index contributed by atoms with van der Waals surface area (Å²) in [6, 6.07) is 42.7. The molecule has 2 aliphatic rings. The van der Waals surface area contributed by atoms with Crippen molar-refractivity contribution < 1.29 is 18.6 Å². The quantitative estimate of drug-likeness (QED) is 0.118. The average molecular weight is 793 g/mol. The highest BCUT2D eigenvalue weighted by Crippen LogP contribution is 2.34. The summed E-state index contributed by atoms with van der Waals surface area (Å²) in [7, 11) is 16.5. The molecule has 0 spiro atoms. The molecule has 0 N–H and O–H groups in total. The van der Waals surface area contributed by atoms with Crippen molar-refractivity contribution in [2.45, 2.75) is 13.2 Å². The molecule has 5 aromatic rings. The summed E-state index contributed by atoms with van der Waals surface area (Å²) in [5.74, 6) is 1.63. The zero-order valence-corrected chi connectivity index (χ0v) is 36.2. The molecule has 0 atom stereocenters. The lowest BCUT2D eigenvalue weighted by Crippen LogP contribution is -2.10. The smallest absolute Gasteiger partial charge is 0.199 e. The molecule has 0 unspecified atom stereocenters. The van der Waals surface area contributed by atoms with Crippen LogP contribution in [-0.2, 0) is 13.2 Å². The molecule has 60 heavy (non-hydrogen) atoms. The molecular formula is C54H56N4O2+2. The van der Waals surface area contributed by atoms with Crippen LogP contribution in [0.1, 0.15) is 33.4 Å². The predicted molar refractivity (Wildman–Crippen MR) is 252 cm³/mol. The first-order valence-electron chi connectivity index (χ1n) is 20.4. The molecule has 0 saturated heterocycles. The maximum Gasteiger partial charge on any atom is 0.199 e. The summed E-state index contributed by atoms with van der Waals surface area (Å²) in [5, 5.41) is 0. The molecular weight excluding hydrogens is 737 g/mol. The highest BCUT2D eigenvalue weighted by Gasteiger charge is 2.16. The highest BCUT2D eigenvalue weighted by molar-refractivity contribution is 6.04. The third-order valence-electron chi connectivity index (χ3n) is 10.9. The van der Waals surface area contributed by atoms with Crippen molar-refractivity contribution >= 4 is 33.9 Å². The normalized spacial score (nSPS) is 13.1. The van der Waals surface area contributed by atoms with E-state index in [9.17, 15) is 0 Å². The van der Waals surface area contributed by atoms with Crippen molar-refractivity contribution in [1.29, 1.82) is 0 Å². The molecule has 7 rings (SSSR count). The summed E-state index contributed by atoms with van der Waals surface area (Å²) >= 11 is 0. The molecule has 0 heterocycles. The van der Waals surface area contributed by atoms with Crippen molar-refractivity contribution in [3.05, 3.63) is 214 Å². The number of rotatable bonds is 12. The van der Waals surface area contributed by atoms with E-state index in [0.29, 0.717) is 13.2 Å². The molecule has 0 saturated carbocycles. The standard InChI is InChI=1S/C54H56N4O2/c1-55(2)47-25-13-39(14-26-47)53(40-15-27-48(28-16-40)56(3)4)43-21-33-51(34-22-43)59-37-45-11-9-10-12-46(45)38-60-52-35-23-44(24-36-52)54(41-17-29-49(30-18-41)57(5)6)42-19-31-50(32-20-42)58(7)8/h9-36H,37-38H2,1-8H3/q+2. The number of allylic oxidation sites excluding steroid dienone is 10. The Morgan fingerprint density at radius 1 is 0.400 bits per heavy atom. The first-order valence-corrected chi connectivity index (χ1v) is 20.4. The fourth-order valence-electron chi connectivity index (χ4n) is 7.30. The van der Waals surface area contributed by atoms with E-state index >= 15 is 0 Å². The van der Waals surface area contributed by atoms with E-state index in [2.05, 4.69) is 245 Å². The average Bonchev–Trinajstić information content (AvgIpc) is 3.27. The van der Waals surface area contributed by atoms with E-state index in [1.165, 1.54) is 56.2 Å². The van der Waals surface area contributed by atoms with Crippen LogP contribution < -0.4 is 19.3 Å². The van der Waals surface area contributed by atoms with Crippen molar-refractivity contribution in [3.8, 4) is 11.5 Å². The Labute approximate surface area is 356 Å². The molecule has 0 bridgehead atoms. The van der Waals surface area contributed by atoms with Gasteiger partial charge < -0.3 is 19.3 Å². The molecule has 5 aromatic carbocycles. The van der Waals surface area contributed by atoms with Crippen LogP contribution in [0.4, 0.5) is 11.4 Å². The van der Waals surface area contributed by atoms with Gasteiger partial charge in [0.2, 0.25) is 0 Å². The van der Waals surface area contributed by atoms with Crippen molar-refractivity contribution in [1.82, 2.24) is 0 Å². The van der Waals surface area contributed by atoms with E-state index in [4.69, 9.17) is 9.47 Å². The van der Waals surface area contributed by atoms with Gasteiger partial charge in [0.1, 0.15) is 52.9 Å². The second-order valence-electron chi connectivity index (χ2n) is 15.9. The molecule has 0 fully saturated rings. The van der Waals surface area contributed by atoms with Crippen LogP contribution in [0.15, 0.2) is 181 Å². The molecule has 6 nitrogen and oxygen atoms in total. The minimum absolute atomic E-state index is 0.434. The van der Waals surface area contributed by atoms with Gasteiger partial charge >= 0.3 is 0 Å². The minimum Gasteiger partial charge on any atom is -0.489 e. The summed E-state index contributed by atoms with van der Waals surface area (Å²) in [6.07, 6.45) is 17.5. The number of nitrogens with zero attached hydrogens (tertiary/aromatic N) is 4. The monoisotopic (exact) mass is 792 g/mol. The van der Waals surface area contributed by atoms with E-state index < -0.39 is 0 Å². The van der Waals surface area contributed by atoms with Gasteiger partial charge in [-0.05, 0) is 129 Å². The van der Waals surface area contributed by atoms with Gasteiger partial charge in [-0.2, -0.15) is 0 Å². The Kier molecular flexibility index (Phi) is 12.9. The molecule has 6 heteroatoms. The molecule has 0 aliphatic heterocycles. The SMILES string of the molecule is CN(C)c1ccc(C(=C2C=CC(=[N+](C)C)C=C2)c2ccc(OCc3ccccc3COc3ccc(C(=C4C=CC(=[N+](C)C)C=C4)c4ccc(N(C)C)cc4)cc3)cc2)cc1. The Balaban J connectivity index is 1.05. The number of ether oxygens (including phenoxy) is 2. The fraction of sp³-hybridized carbons (Fsp3) is 0.185. The zero-order valence-electron chi connectivity index (χ0n) is 36.2. The van der Waals surface area contributed by atoms with Crippen molar-refractivity contribution in [2.75, 3.05) is 66.2 Å². The summed E-state index contributed by atoms with van der Waals surface area (Å²) in [4.78, 5) is 4.24. The Morgan fingerprint density at radius 2 is 0.700 bits per heavy atom. The number of hydrogen-bond donors (Lipinski definition) is 0. The van der Waals surface area contributed by atoms with Gasteiger partial charge in [-0.25, -0.2) is 9.15 Å². The Morgan fingerprint density at radius 3 is 0.983 bits per heavy atom. The van der Waals surface area contributed by atoms with E-state index in [1.807, 2.05) is 0 Å². The first kappa shape index (κ1) is 41.2. The van der Waals surface area contributed by atoms with E-state index in [0.717, 1.165) is 33.8 Å². The second-order valence-corrected chi connectivity index (χ2v) is 15.9. The van der Waals surface area contributed by atoms with Crippen molar-refractivity contribution in [2.24, 2.45) is 0 Å². The third kappa shape index (κ3) is 9.84. The lowest BCUT2D eigenvalue weighted by Gasteiger charge is -2.17. The molecule has 2 aliphatic carbocycles. The number of benzene rings is 5. The molecule has 0 amide bonds. The van der Waals surface area contributed by atoms with Crippen LogP contribution in [0.2, 0.25) is 0 Å². The fourth-order valence-corrected chi connectivity index (χ4v) is 7.30. The summed E-state index contributed by atoms with van der Waals surface area (Å²) in [6.45, 7) is 0.869. The van der Waals surface area contributed by atoms with Gasteiger partial charge in [0.05, 0.1) is 0 Å². The highest BCUT2D eigenvalue weighted by atomic mass is 16.5. The molecule has 0 aromatic heterocycles. The van der Waals surface area contributed by atoms with E-state index in [1.54, 1.807) is 0 Å². The van der Waals surface area contributed by atoms with E-state index in [-0.39, 0.29) is 0 Å². The van der Waals surface area contributed by atoms with Gasteiger partial charge in [-0.15, -0.1) is 0 Å².